The molecule has 0 aromatic rings. The molecule has 0 saturated carbocycles. The van der Waals surface area contributed by atoms with Crippen LogP contribution in [0.2, 0.25) is 0 Å². The van der Waals surface area contributed by atoms with Gasteiger partial charge in [-0.05, 0) is 45.9 Å². The highest BCUT2D eigenvalue weighted by Crippen LogP contribution is 2.55. The molecule has 0 amide bonds. The average molecular weight is 336 g/mol. The van der Waals surface area contributed by atoms with E-state index in [0.29, 0.717) is 19.6 Å². The number of Topliss-reactive ketones (excluding diaryl/α,β-unsaturated/α-hetero) is 1. The van der Waals surface area contributed by atoms with Gasteiger partial charge in [-0.25, -0.2) is 4.79 Å². The summed E-state index contributed by atoms with van der Waals surface area (Å²) >= 11 is 5.54. The highest BCUT2D eigenvalue weighted by Gasteiger charge is 2.30. The molecule has 5 nitrogen and oxygen atoms in total. The fourth-order valence-corrected chi connectivity index (χ4v) is 4.97. The molecule has 0 aliphatic rings. The summed E-state index contributed by atoms with van der Waals surface area (Å²) in [7, 11) is 0. The zero-order chi connectivity index (χ0) is 16.5. The Kier molecular flexibility index (Phi) is 9.95. The molecule has 0 aromatic carbocycles. The van der Waals surface area contributed by atoms with E-state index in [4.69, 9.17) is 25.6 Å². The predicted octanol–water partition coefficient (Wildman–Crippen LogP) is 3.23. The van der Waals surface area contributed by atoms with E-state index in [-0.39, 0.29) is 23.6 Å². The minimum Gasteiger partial charge on any atom is -0.462 e. The van der Waals surface area contributed by atoms with Crippen LogP contribution in [0, 0.1) is 0 Å². The third kappa shape index (κ3) is 6.39. The number of ether oxygens (including phenoxy) is 1. The van der Waals surface area contributed by atoms with Crippen molar-refractivity contribution in [2.24, 2.45) is 0 Å². The fourth-order valence-electron chi connectivity index (χ4n) is 1.75. The van der Waals surface area contributed by atoms with Crippen molar-refractivity contribution < 1.29 is 23.4 Å². The Morgan fingerprint density at radius 2 is 1.62 bits per heavy atom. The van der Waals surface area contributed by atoms with E-state index >= 15 is 0 Å². The number of carbonyl (C=O) groups is 2. The Labute approximate surface area is 132 Å². The van der Waals surface area contributed by atoms with Gasteiger partial charge in [-0.15, -0.1) is 0 Å². The van der Waals surface area contributed by atoms with Crippen LogP contribution in [-0.2, 0) is 35.2 Å². The lowest BCUT2D eigenvalue weighted by atomic mass is 10.1. The van der Waals surface area contributed by atoms with Crippen molar-refractivity contribution in [2.45, 2.75) is 46.7 Å². The molecule has 1 atom stereocenters. The molecule has 122 valence electrons. The van der Waals surface area contributed by atoms with Gasteiger partial charge in [0.15, 0.2) is 12.3 Å². The van der Waals surface area contributed by atoms with Crippen LogP contribution in [0.3, 0.4) is 0 Å². The third-order valence-electron chi connectivity index (χ3n) is 2.68. The van der Waals surface area contributed by atoms with Gasteiger partial charge < -0.3 is 13.8 Å². The number of rotatable bonds is 10. The number of hydrogen-bond acceptors (Lipinski definition) is 6. The van der Waals surface area contributed by atoms with Crippen LogP contribution >= 0.6 is 6.49 Å². The van der Waals surface area contributed by atoms with E-state index in [1.54, 1.807) is 13.0 Å². The number of hydrogen-bond donors (Lipinski definition) is 0. The summed E-state index contributed by atoms with van der Waals surface area (Å²) in [5, 5.41) is 0. The summed E-state index contributed by atoms with van der Waals surface area (Å²) in [4.78, 5) is 23.5. The molecule has 0 N–H and O–H groups in total. The quantitative estimate of drug-likeness (QED) is 0.201. The summed E-state index contributed by atoms with van der Waals surface area (Å²) in [5.41, 5.74) is -0.284. The van der Waals surface area contributed by atoms with Gasteiger partial charge in [0.2, 0.25) is 0 Å². The van der Waals surface area contributed by atoms with Crippen molar-refractivity contribution in [2.75, 3.05) is 19.8 Å². The van der Waals surface area contributed by atoms with Gasteiger partial charge >= 0.3 is 5.97 Å². The van der Waals surface area contributed by atoms with E-state index in [1.807, 2.05) is 20.8 Å². The van der Waals surface area contributed by atoms with Gasteiger partial charge in [-0.3, -0.25) is 4.79 Å². The third-order valence-corrected chi connectivity index (χ3v) is 6.68. The largest absolute Gasteiger partial charge is 0.462 e. The second kappa shape index (κ2) is 10.2. The minimum atomic E-state index is -2.58. The summed E-state index contributed by atoms with van der Waals surface area (Å²) in [6, 6.07) is 0. The zero-order valence-electron chi connectivity index (χ0n) is 13.4. The van der Waals surface area contributed by atoms with Crippen LogP contribution in [0.1, 0.15) is 41.0 Å². The Morgan fingerprint density at radius 1 is 1.10 bits per heavy atom. The Balaban J connectivity index is 5.56. The van der Waals surface area contributed by atoms with E-state index in [9.17, 15) is 9.59 Å². The molecular weight excluding hydrogens is 311 g/mol. The molecule has 0 saturated heterocycles. The first-order valence-electron chi connectivity index (χ1n) is 7.14. The Bertz CT molecular complexity index is 423. The monoisotopic (exact) mass is 336 g/mol. The molecule has 0 radical (unpaired) electrons. The topological polar surface area (TPSA) is 61.8 Å². The molecule has 1 unspecified atom stereocenters. The lowest BCUT2D eigenvalue weighted by Gasteiger charge is -2.27. The Morgan fingerprint density at radius 3 is 1.95 bits per heavy atom. The van der Waals surface area contributed by atoms with E-state index in [1.165, 1.54) is 6.92 Å². The molecule has 0 bridgehead atoms. The predicted molar refractivity (Wildman–Crippen MR) is 87.0 cm³/mol. The molecule has 0 aliphatic carbocycles. The lowest BCUT2D eigenvalue weighted by molar-refractivity contribution is -0.139. The smallest absolute Gasteiger partial charge is 0.341 e. The minimum absolute atomic E-state index is 0.0114. The summed E-state index contributed by atoms with van der Waals surface area (Å²) in [6.45, 7) is 7.11. The van der Waals surface area contributed by atoms with Gasteiger partial charge in [0, 0.05) is 0 Å². The second-order valence-corrected chi connectivity index (χ2v) is 7.99. The highest BCUT2D eigenvalue weighted by molar-refractivity contribution is 8.10. The van der Waals surface area contributed by atoms with Gasteiger partial charge in [-0.2, -0.15) is 0 Å². The molecular formula is C14H25O5PS. The first kappa shape index (κ1) is 20.5. The van der Waals surface area contributed by atoms with E-state index in [2.05, 4.69) is 0 Å². The maximum atomic E-state index is 11.9. The van der Waals surface area contributed by atoms with Crippen molar-refractivity contribution in [1.82, 2.24) is 0 Å². The number of ketones is 1. The maximum absolute atomic E-state index is 11.9. The average Bonchev–Trinajstić information content (AvgIpc) is 2.39. The van der Waals surface area contributed by atoms with Crippen LogP contribution in [-0.4, -0.2) is 37.2 Å². The fraction of sp³-hybridized carbons (Fsp3) is 0.714. The van der Waals surface area contributed by atoms with Gasteiger partial charge in [-0.1, -0.05) is 13.0 Å². The van der Waals surface area contributed by atoms with Gasteiger partial charge in [0.05, 0.1) is 31.1 Å². The van der Waals surface area contributed by atoms with Crippen molar-refractivity contribution in [3.8, 4) is 0 Å². The number of esters is 1. The highest BCUT2D eigenvalue weighted by atomic mass is 32.5. The lowest BCUT2D eigenvalue weighted by Crippen LogP contribution is -2.18. The molecule has 0 fully saturated rings. The summed E-state index contributed by atoms with van der Waals surface area (Å²) < 4.78 is 16.2. The van der Waals surface area contributed by atoms with Crippen LogP contribution in [0.4, 0.5) is 0 Å². The molecule has 0 aromatic heterocycles. The molecule has 7 heteroatoms. The molecule has 0 rings (SSSR count). The maximum Gasteiger partial charge on any atom is 0.341 e. The van der Waals surface area contributed by atoms with Gasteiger partial charge in [0.1, 0.15) is 0 Å². The second-order valence-electron chi connectivity index (χ2n) is 4.21. The Hall–Kier alpha value is -0.550. The van der Waals surface area contributed by atoms with Crippen molar-refractivity contribution in [1.29, 1.82) is 0 Å². The normalized spacial score (nSPS) is 13.9. The standard InChI is InChI=1S/C14H25O5PS/c1-6-12(20(21,18-8-3)19-9-4)10-13(11(5)15)14(16)17-7-2/h10,12H,6-9H2,1-5H3/b13-10-. The SMILES string of the molecule is CCOC(=O)/C(=C\C(CC)P(=S)(OCC)OCC)C(C)=O. The summed E-state index contributed by atoms with van der Waals surface area (Å²) in [5.74, 6) is -0.973. The van der Waals surface area contributed by atoms with Gasteiger partial charge in [0.25, 0.3) is 0 Å². The number of carbonyl (C=O) groups excluding carboxylic acids is 2. The van der Waals surface area contributed by atoms with Crippen molar-refractivity contribution in [3.05, 3.63) is 11.6 Å². The summed E-state index contributed by atoms with van der Waals surface area (Å²) in [6.07, 6.45) is 2.18. The molecule has 0 spiro atoms. The zero-order valence-corrected chi connectivity index (χ0v) is 15.1. The van der Waals surface area contributed by atoms with Crippen LogP contribution in [0.5, 0.6) is 0 Å². The van der Waals surface area contributed by atoms with Crippen LogP contribution in [0.15, 0.2) is 11.6 Å². The molecule has 0 aliphatic heterocycles. The van der Waals surface area contributed by atoms with Crippen molar-refractivity contribution >= 4 is 30.1 Å². The number of allylic oxidation sites excluding steroid dienone is 1. The van der Waals surface area contributed by atoms with E-state index < -0.39 is 12.5 Å². The molecule has 0 heterocycles. The van der Waals surface area contributed by atoms with E-state index in [0.717, 1.165) is 0 Å². The van der Waals surface area contributed by atoms with Crippen LogP contribution in [0.25, 0.3) is 0 Å². The first-order valence-corrected chi connectivity index (χ1v) is 9.85. The van der Waals surface area contributed by atoms with Crippen LogP contribution < -0.4 is 0 Å². The van der Waals surface area contributed by atoms with Crippen molar-refractivity contribution in [3.63, 3.8) is 0 Å². The molecule has 21 heavy (non-hydrogen) atoms. The first-order chi connectivity index (χ1) is 9.86.